The number of benzene rings is 2. The van der Waals surface area contributed by atoms with Gasteiger partial charge in [0.1, 0.15) is 6.33 Å². The number of aryl methyl sites for hydroxylation is 3. The smallest absolute Gasteiger partial charge is 0.165 e. The second-order valence-electron chi connectivity index (χ2n) is 5.62. The third kappa shape index (κ3) is 2.24. The van der Waals surface area contributed by atoms with Crippen LogP contribution in [0, 0.1) is 20.8 Å². The van der Waals surface area contributed by atoms with Crippen LogP contribution < -0.4 is 0 Å². The topological polar surface area (TPSA) is 43.6 Å². The maximum absolute atomic E-state index is 4.69. The first-order chi connectivity index (χ1) is 11.1. The molecular weight excluding hydrogens is 304 g/mol. The molecule has 4 aromatic rings. The highest BCUT2D eigenvalue weighted by Gasteiger charge is 2.16. The molecule has 0 fully saturated rings. The van der Waals surface area contributed by atoms with Crippen molar-refractivity contribution in [3.05, 3.63) is 58.9 Å². The summed E-state index contributed by atoms with van der Waals surface area (Å²) < 4.78 is 3.10. The van der Waals surface area contributed by atoms with Crippen LogP contribution in [0.25, 0.3) is 27.3 Å². The second kappa shape index (κ2) is 5.28. The molecule has 0 bridgehead atoms. The predicted molar refractivity (Wildman–Crippen MR) is 94.2 cm³/mol. The van der Waals surface area contributed by atoms with Crippen molar-refractivity contribution in [1.29, 1.82) is 0 Å². The number of hydrogen-bond donors (Lipinski definition) is 0. The van der Waals surface area contributed by atoms with Gasteiger partial charge in [-0.3, -0.25) is 0 Å². The number of rotatable bonds is 2. The van der Waals surface area contributed by atoms with E-state index < -0.39 is 0 Å². The largest absolute Gasteiger partial charge is 0.241 e. The van der Waals surface area contributed by atoms with Crippen molar-refractivity contribution in [2.24, 2.45) is 0 Å². The lowest BCUT2D eigenvalue weighted by Gasteiger charge is -2.12. The molecule has 0 atom stereocenters. The Kier molecular flexibility index (Phi) is 3.23. The number of aromatic nitrogens is 4. The van der Waals surface area contributed by atoms with Gasteiger partial charge in [-0.25, -0.2) is 14.6 Å². The van der Waals surface area contributed by atoms with Crippen LogP contribution in [0.2, 0.25) is 0 Å². The summed E-state index contributed by atoms with van der Waals surface area (Å²) >= 11 is 1.70. The van der Waals surface area contributed by atoms with E-state index in [1.807, 2.05) is 11.6 Å². The van der Waals surface area contributed by atoms with Gasteiger partial charge in [0.2, 0.25) is 0 Å². The fourth-order valence-corrected chi connectivity index (χ4v) is 3.82. The summed E-state index contributed by atoms with van der Waals surface area (Å²) in [5.74, 6) is 0.832. The molecule has 0 aliphatic heterocycles. The molecule has 0 aliphatic rings. The van der Waals surface area contributed by atoms with Crippen LogP contribution in [0.15, 0.2) is 42.7 Å². The second-order valence-corrected chi connectivity index (χ2v) is 6.86. The zero-order chi connectivity index (χ0) is 16.0. The highest BCUT2D eigenvalue weighted by molar-refractivity contribution is 7.18. The number of fused-ring (bicyclic) bond motifs is 1. The summed E-state index contributed by atoms with van der Waals surface area (Å²) in [4.78, 5) is 9.21. The summed E-state index contributed by atoms with van der Waals surface area (Å²) in [7, 11) is 0. The average Bonchev–Trinajstić information content (AvgIpc) is 3.12. The van der Waals surface area contributed by atoms with E-state index in [0.717, 1.165) is 27.6 Å². The van der Waals surface area contributed by atoms with E-state index in [1.165, 1.54) is 15.8 Å². The number of thiazole rings is 1. The van der Waals surface area contributed by atoms with E-state index >= 15 is 0 Å². The Balaban J connectivity index is 2.00. The number of nitrogens with zero attached hydrogens (tertiary/aromatic N) is 4. The van der Waals surface area contributed by atoms with Gasteiger partial charge in [-0.2, -0.15) is 5.10 Å². The van der Waals surface area contributed by atoms with Crippen LogP contribution in [-0.2, 0) is 0 Å². The summed E-state index contributed by atoms with van der Waals surface area (Å²) in [6.07, 6.45) is 1.61. The summed E-state index contributed by atoms with van der Waals surface area (Å²) in [6.45, 7) is 6.23. The molecule has 4 nitrogen and oxygen atoms in total. The molecule has 0 spiro atoms. The van der Waals surface area contributed by atoms with E-state index in [0.29, 0.717) is 0 Å². The van der Waals surface area contributed by atoms with Gasteiger partial charge in [0.25, 0.3) is 0 Å². The van der Waals surface area contributed by atoms with Crippen LogP contribution in [0.5, 0.6) is 0 Å². The molecule has 2 aromatic heterocycles. The standard InChI is InChI=1S/C18H16N4S/c1-11-6-4-7-12(2)17(11)22-18(19-10-20-22)14-8-5-9-15-16(14)21-13(3)23-15/h4-10H,1-3H3. The first-order valence-corrected chi connectivity index (χ1v) is 8.30. The molecule has 0 N–H and O–H groups in total. The Morgan fingerprint density at radius 2 is 1.70 bits per heavy atom. The Labute approximate surface area is 138 Å². The lowest BCUT2D eigenvalue weighted by molar-refractivity contribution is 0.871. The van der Waals surface area contributed by atoms with Gasteiger partial charge in [-0.05, 0) is 44.0 Å². The molecule has 0 aliphatic carbocycles. The number of para-hydroxylation sites is 2. The summed E-state index contributed by atoms with van der Waals surface area (Å²) in [5.41, 5.74) is 5.46. The van der Waals surface area contributed by atoms with Gasteiger partial charge < -0.3 is 0 Å². The average molecular weight is 320 g/mol. The molecule has 23 heavy (non-hydrogen) atoms. The van der Waals surface area contributed by atoms with Crippen LogP contribution in [0.3, 0.4) is 0 Å². The molecule has 2 aromatic carbocycles. The Morgan fingerprint density at radius 1 is 0.957 bits per heavy atom. The predicted octanol–water partition coefficient (Wildman–Crippen LogP) is 4.47. The van der Waals surface area contributed by atoms with Crippen molar-refractivity contribution in [3.63, 3.8) is 0 Å². The SMILES string of the molecule is Cc1nc2c(-c3ncnn3-c3c(C)cccc3C)cccc2s1. The van der Waals surface area contributed by atoms with Gasteiger partial charge in [-0.1, -0.05) is 24.3 Å². The molecule has 114 valence electrons. The van der Waals surface area contributed by atoms with Crippen LogP contribution in [0.4, 0.5) is 0 Å². The molecule has 0 saturated carbocycles. The first-order valence-electron chi connectivity index (χ1n) is 7.48. The molecule has 0 amide bonds. The quantitative estimate of drug-likeness (QED) is 0.547. The van der Waals surface area contributed by atoms with Crippen molar-refractivity contribution in [2.45, 2.75) is 20.8 Å². The maximum Gasteiger partial charge on any atom is 0.165 e. The molecule has 2 heterocycles. The van der Waals surface area contributed by atoms with Crippen molar-refractivity contribution in [1.82, 2.24) is 19.7 Å². The van der Waals surface area contributed by atoms with E-state index in [-0.39, 0.29) is 0 Å². The van der Waals surface area contributed by atoms with Gasteiger partial charge in [0.05, 0.1) is 20.9 Å². The van der Waals surface area contributed by atoms with Gasteiger partial charge >= 0.3 is 0 Å². The molecule has 4 rings (SSSR count). The maximum atomic E-state index is 4.69. The lowest BCUT2D eigenvalue weighted by atomic mass is 10.1. The van der Waals surface area contributed by atoms with Crippen molar-refractivity contribution < 1.29 is 0 Å². The highest BCUT2D eigenvalue weighted by Crippen LogP contribution is 2.32. The van der Waals surface area contributed by atoms with Gasteiger partial charge in [0.15, 0.2) is 5.82 Å². The van der Waals surface area contributed by atoms with Crippen LogP contribution in [-0.4, -0.2) is 19.7 Å². The Bertz CT molecular complexity index is 993. The zero-order valence-electron chi connectivity index (χ0n) is 13.2. The molecule has 0 unspecified atom stereocenters. The van der Waals surface area contributed by atoms with Crippen molar-refractivity contribution in [2.75, 3.05) is 0 Å². The molecular formula is C18H16N4S. The third-order valence-corrected chi connectivity index (χ3v) is 4.90. The molecule has 0 radical (unpaired) electrons. The minimum atomic E-state index is 0.832. The van der Waals surface area contributed by atoms with Crippen LogP contribution >= 0.6 is 11.3 Å². The summed E-state index contributed by atoms with van der Waals surface area (Å²) in [5, 5.41) is 5.54. The third-order valence-electron chi connectivity index (χ3n) is 3.97. The van der Waals surface area contributed by atoms with E-state index in [4.69, 9.17) is 0 Å². The van der Waals surface area contributed by atoms with Crippen molar-refractivity contribution >= 4 is 21.6 Å². The number of hydrogen-bond acceptors (Lipinski definition) is 4. The first kappa shape index (κ1) is 14.1. The van der Waals surface area contributed by atoms with Gasteiger partial charge in [-0.15, -0.1) is 11.3 Å². The minimum Gasteiger partial charge on any atom is -0.241 e. The fourth-order valence-electron chi connectivity index (χ4n) is 2.97. The van der Waals surface area contributed by atoms with Crippen LogP contribution in [0.1, 0.15) is 16.1 Å². The Hall–Kier alpha value is -2.53. The lowest BCUT2D eigenvalue weighted by Crippen LogP contribution is -2.04. The highest BCUT2D eigenvalue weighted by atomic mass is 32.1. The summed E-state index contributed by atoms with van der Waals surface area (Å²) in [6, 6.07) is 12.5. The van der Waals surface area contributed by atoms with E-state index in [9.17, 15) is 0 Å². The van der Waals surface area contributed by atoms with Crippen molar-refractivity contribution in [3.8, 4) is 17.1 Å². The Morgan fingerprint density at radius 3 is 2.48 bits per heavy atom. The molecule has 5 heteroatoms. The van der Waals surface area contributed by atoms with E-state index in [2.05, 4.69) is 65.3 Å². The zero-order valence-corrected chi connectivity index (χ0v) is 14.1. The van der Waals surface area contributed by atoms with Gasteiger partial charge in [0, 0.05) is 5.56 Å². The minimum absolute atomic E-state index is 0.832. The molecule has 0 saturated heterocycles. The van der Waals surface area contributed by atoms with E-state index in [1.54, 1.807) is 17.7 Å². The normalized spacial score (nSPS) is 11.3. The fraction of sp³-hybridized carbons (Fsp3) is 0.167. The monoisotopic (exact) mass is 320 g/mol.